The maximum Gasteiger partial charge on any atom is 0.224 e. The standard InChI is InChI=1S/C14H16N2O2S/c15-8-11-4-1-2-5-13(11)16-14(17)6-3-7-19-12-9-18-10-12/h1-2,4-5,12H,3,6-7,9-10H2,(H,16,17). The molecule has 0 aromatic heterocycles. The van der Waals surface area contributed by atoms with Crippen LogP contribution < -0.4 is 5.32 Å². The quantitative estimate of drug-likeness (QED) is 0.810. The Kier molecular flexibility index (Phi) is 5.25. The number of carbonyl (C=O) groups excluding carboxylic acids is 1. The number of benzene rings is 1. The molecule has 100 valence electrons. The van der Waals surface area contributed by atoms with Crippen molar-refractivity contribution in [3.63, 3.8) is 0 Å². The summed E-state index contributed by atoms with van der Waals surface area (Å²) in [6, 6.07) is 9.10. The molecular weight excluding hydrogens is 260 g/mol. The summed E-state index contributed by atoms with van der Waals surface area (Å²) in [6.07, 6.45) is 1.34. The minimum absolute atomic E-state index is 0.0341. The lowest BCUT2D eigenvalue weighted by atomic mass is 10.2. The van der Waals surface area contributed by atoms with Gasteiger partial charge in [0.2, 0.25) is 5.91 Å². The van der Waals surface area contributed by atoms with Gasteiger partial charge in [-0.05, 0) is 24.3 Å². The molecule has 1 fully saturated rings. The average molecular weight is 276 g/mol. The number of ether oxygens (including phenoxy) is 1. The molecule has 1 heterocycles. The molecule has 2 rings (SSSR count). The van der Waals surface area contributed by atoms with Crippen molar-refractivity contribution in [3.05, 3.63) is 29.8 Å². The summed E-state index contributed by atoms with van der Waals surface area (Å²) >= 11 is 1.86. The molecule has 0 unspecified atom stereocenters. The van der Waals surface area contributed by atoms with Crippen molar-refractivity contribution in [3.8, 4) is 6.07 Å². The van der Waals surface area contributed by atoms with Gasteiger partial charge in [0.1, 0.15) is 6.07 Å². The van der Waals surface area contributed by atoms with E-state index in [-0.39, 0.29) is 5.91 Å². The molecule has 0 spiro atoms. The zero-order valence-electron chi connectivity index (χ0n) is 10.6. The SMILES string of the molecule is N#Cc1ccccc1NC(=O)CCCSC1COC1. The second-order valence-electron chi connectivity index (χ2n) is 4.34. The molecule has 5 heteroatoms. The maximum absolute atomic E-state index is 11.8. The van der Waals surface area contributed by atoms with Crippen LogP contribution >= 0.6 is 11.8 Å². The Morgan fingerprint density at radius 2 is 2.26 bits per heavy atom. The van der Waals surface area contributed by atoms with Crippen LogP contribution in [-0.4, -0.2) is 30.1 Å². The highest BCUT2D eigenvalue weighted by atomic mass is 32.2. The minimum atomic E-state index is -0.0341. The van der Waals surface area contributed by atoms with E-state index in [1.54, 1.807) is 18.2 Å². The minimum Gasteiger partial charge on any atom is -0.379 e. The van der Waals surface area contributed by atoms with Crippen LogP contribution in [0, 0.1) is 11.3 Å². The van der Waals surface area contributed by atoms with E-state index in [9.17, 15) is 4.79 Å². The Hall–Kier alpha value is -1.51. The highest BCUT2D eigenvalue weighted by Crippen LogP contribution is 2.20. The van der Waals surface area contributed by atoms with Crippen LogP contribution in [0.2, 0.25) is 0 Å². The summed E-state index contributed by atoms with van der Waals surface area (Å²) < 4.78 is 5.09. The molecule has 0 saturated carbocycles. The lowest BCUT2D eigenvalue weighted by molar-refractivity contribution is -0.116. The zero-order chi connectivity index (χ0) is 13.5. The lowest BCUT2D eigenvalue weighted by Crippen LogP contribution is -2.30. The lowest BCUT2D eigenvalue weighted by Gasteiger charge is -2.25. The van der Waals surface area contributed by atoms with Gasteiger partial charge in [-0.2, -0.15) is 17.0 Å². The van der Waals surface area contributed by atoms with Crippen molar-refractivity contribution >= 4 is 23.4 Å². The van der Waals surface area contributed by atoms with Gasteiger partial charge in [0.15, 0.2) is 0 Å². The van der Waals surface area contributed by atoms with Crippen LogP contribution in [0.5, 0.6) is 0 Å². The van der Waals surface area contributed by atoms with Crippen molar-refractivity contribution in [2.75, 3.05) is 24.3 Å². The number of hydrogen-bond acceptors (Lipinski definition) is 4. The first-order valence-electron chi connectivity index (χ1n) is 6.28. The third-order valence-corrected chi connectivity index (χ3v) is 4.10. The summed E-state index contributed by atoms with van der Waals surface area (Å²) in [5, 5.41) is 12.3. The number of nitrogens with zero attached hydrogens (tertiary/aromatic N) is 1. The maximum atomic E-state index is 11.8. The Morgan fingerprint density at radius 1 is 1.47 bits per heavy atom. The Bertz CT molecular complexity index is 481. The van der Waals surface area contributed by atoms with Crippen molar-refractivity contribution in [2.24, 2.45) is 0 Å². The van der Waals surface area contributed by atoms with E-state index in [0.717, 1.165) is 25.4 Å². The van der Waals surface area contributed by atoms with E-state index in [1.165, 1.54) is 0 Å². The fourth-order valence-corrected chi connectivity index (χ4v) is 2.72. The number of nitrogens with one attached hydrogen (secondary N) is 1. The average Bonchev–Trinajstić information content (AvgIpc) is 2.37. The molecule has 1 aliphatic rings. The molecule has 4 nitrogen and oxygen atoms in total. The Morgan fingerprint density at radius 3 is 2.95 bits per heavy atom. The molecule has 1 amide bonds. The number of rotatable bonds is 6. The highest BCUT2D eigenvalue weighted by molar-refractivity contribution is 8.00. The van der Waals surface area contributed by atoms with Gasteiger partial charge in [0.05, 0.1) is 29.7 Å². The zero-order valence-corrected chi connectivity index (χ0v) is 11.4. The van der Waals surface area contributed by atoms with E-state index in [1.807, 2.05) is 17.8 Å². The first kappa shape index (κ1) is 13.9. The van der Waals surface area contributed by atoms with Crippen LogP contribution in [0.1, 0.15) is 18.4 Å². The fourth-order valence-electron chi connectivity index (χ4n) is 1.70. The molecule has 0 radical (unpaired) electrons. The van der Waals surface area contributed by atoms with Crippen molar-refractivity contribution < 1.29 is 9.53 Å². The second kappa shape index (κ2) is 7.17. The second-order valence-corrected chi connectivity index (χ2v) is 5.75. The topological polar surface area (TPSA) is 62.1 Å². The van der Waals surface area contributed by atoms with E-state index in [0.29, 0.717) is 22.9 Å². The smallest absolute Gasteiger partial charge is 0.224 e. The molecule has 0 aliphatic carbocycles. The van der Waals surface area contributed by atoms with E-state index >= 15 is 0 Å². The van der Waals surface area contributed by atoms with Gasteiger partial charge >= 0.3 is 0 Å². The number of hydrogen-bond donors (Lipinski definition) is 1. The molecule has 1 N–H and O–H groups in total. The largest absolute Gasteiger partial charge is 0.379 e. The summed E-state index contributed by atoms with van der Waals surface area (Å²) in [4.78, 5) is 11.8. The van der Waals surface area contributed by atoms with Crippen LogP contribution in [0.25, 0.3) is 0 Å². The predicted molar refractivity (Wildman–Crippen MR) is 76.1 cm³/mol. The molecule has 1 saturated heterocycles. The van der Waals surface area contributed by atoms with Crippen LogP contribution in [0.15, 0.2) is 24.3 Å². The van der Waals surface area contributed by atoms with Crippen molar-refractivity contribution in [1.82, 2.24) is 0 Å². The predicted octanol–water partition coefficient (Wildman–Crippen LogP) is 2.41. The van der Waals surface area contributed by atoms with E-state index < -0.39 is 0 Å². The monoisotopic (exact) mass is 276 g/mol. The van der Waals surface area contributed by atoms with Gasteiger partial charge in [-0.25, -0.2) is 0 Å². The number of para-hydroxylation sites is 1. The normalized spacial score (nSPS) is 14.5. The van der Waals surface area contributed by atoms with Gasteiger partial charge < -0.3 is 10.1 Å². The van der Waals surface area contributed by atoms with Crippen molar-refractivity contribution in [1.29, 1.82) is 5.26 Å². The van der Waals surface area contributed by atoms with Crippen LogP contribution in [0.3, 0.4) is 0 Å². The number of thioether (sulfide) groups is 1. The number of carbonyl (C=O) groups is 1. The van der Waals surface area contributed by atoms with Crippen molar-refractivity contribution in [2.45, 2.75) is 18.1 Å². The summed E-state index contributed by atoms with van der Waals surface area (Å²) in [6.45, 7) is 1.68. The molecule has 1 aromatic carbocycles. The van der Waals surface area contributed by atoms with E-state index in [2.05, 4.69) is 11.4 Å². The Balaban J connectivity index is 1.70. The molecule has 19 heavy (non-hydrogen) atoms. The number of nitriles is 1. The van der Waals surface area contributed by atoms with Crippen LogP contribution in [0.4, 0.5) is 5.69 Å². The first-order chi connectivity index (χ1) is 9.29. The molecule has 1 aromatic rings. The van der Waals surface area contributed by atoms with Crippen LogP contribution in [-0.2, 0) is 9.53 Å². The van der Waals surface area contributed by atoms with E-state index in [4.69, 9.17) is 10.00 Å². The van der Waals surface area contributed by atoms with Gasteiger partial charge in [-0.3, -0.25) is 4.79 Å². The highest BCUT2D eigenvalue weighted by Gasteiger charge is 2.18. The molecule has 0 bridgehead atoms. The van der Waals surface area contributed by atoms with Gasteiger partial charge in [0, 0.05) is 6.42 Å². The first-order valence-corrected chi connectivity index (χ1v) is 7.33. The molecular formula is C14H16N2O2S. The molecule has 1 aliphatic heterocycles. The Labute approximate surface area is 117 Å². The third-order valence-electron chi connectivity index (χ3n) is 2.83. The molecule has 0 atom stereocenters. The number of anilines is 1. The van der Waals surface area contributed by atoms with Gasteiger partial charge in [-0.15, -0.1) is 0 Å². The summed E-state index contributed by atoms with van der Waals surface area (Å²) in [5.74, 6) is 0.939. The van der Waals surface area contributed by atoms with Gasteiger partial charge in [-0.1, -0.05) is 12.1 Å². The van der Waals surface area contributed by atoms with Gasteiger partial charge in [0.25, 0.3) is 0 Å². The fraction of sp³-hybridized carbons (Fsp3) is 0.429. The summed E-state index contributed by atoms with van der Waals surface area (Å²) in [5.41, 5.74) is 1.09. The summed E-state index contributed by atoms with van der Waals surface area (Å²) in [7, 11) is 0. The third kappa shape index (κ3) is 4.27. The number of amides is 1.